The zero-order valence-corrected chi connectivity index (χ0v) is 7.71. The van der Waals surface area contributed by atoms with E-state index in [2.05, 4.69) is 23.7 Å². The van der Waals surface area contributed by atoms with Gasteiger partial charge in [-0.05, 0) is 6.42 Å². The Kier molecular flexibility index (Phi) is 4.13. The second-order valence-electron chi connectivity index (χ2n) is 3.35. The second kappa shape index (κ2) is 5.18. The van der Waals surface area contributed by atoms with Crippen molar-refractivity contribution >= 4 is 0 Å². The molecule has 0 bridgehead atoms. The fourth-order valence-corrected chi connectivity index (χ4v) is 1.30. The Labute approximate surface area is 74.6 Å². The Hall–Kier alpha value is -0.520. The molecule has 0 atom stereocenters. The van der Waals surface area contributed by atoms with E-state index in [9.17, 15) is 0 Å². The predicted molar refractivity (Wildman–Crippen MR) is 49.7 cm³/mol. The molecular formula is C10H17NO. The van der Waals surface area contributed by atoms with Crippen LogP contribution in [0.5, 0.6) is 0 Å². The SMILES string of the molecule is CCCC#CCN1CC(CO)C1. The van der Waals surface area contributed by atoms with Gasteiger partial charge in [0, 0.05) is 32.0 Å². The lowest BCUT2D eigenvalue weighted by atomic mass is 10.0. The van der Waals surface area contributed by atoms with E-state index < -0.39 is 0 Å². The molecule has 0 aromatic rings. The van der Waals surface area contributed by atoms with E-state index in [4.69, 9.17) is 5.11 Å². The molecule has 0 saturated carbocycles. The van der Waals surface area contributed by atoms with Crippen molar-refractivity contribution in [2.24, 2.45) is 5.92 Å². The molecule has 0 aliphatic carbocycles. The van der Waals surface area contributed by atoms with Crippen LogP contribution in [0.2, 0.25) is 0 Å². The normalized spacial score (nSPS) is 18.2. The van der Waals surface area contributed by atoms with Gasteiger partial charge in [-0.2, -0.15) is 0 Å². The van der Waals surface area contributed by atoms with Gasteiger partial charge in [0.15, 0.2) is 0 Å². The number of hydrogen-bond acceptors (Lipinski definition) is 2. The molecule has 0 radical (unpaired) electrons. The molecule has 1 saturated heterocycles. The van der Waals surface area contributed by atoms with E-state index in [0.29, 0.717) is 12.5 Å². The summed E-state index contributed by atoms with van der Waals surface area (Å²) in [4.78, 5) is 2.27. The topological polar surface area (TPSA) is 23.5 Å². The van der Waals surface area contributed by atoms with E-state index in [-0.39, 0.29) is 0 Å². The molecule has 0 aromatic heterocycles. The van der Waals surface area contributed by atoms with Gasteiger partial charge in [-0.25, -0.2) is 0 Å². The van der Waals surface area contributed by atoms with Crippen LogP contribution in [0, 0.1) is 17.8 Å². The molecule has 1 aliphatic rings. The largest absolute Gasteiger partial charge is 0.396 e. The molecular weight excluding hydrogens is 150 g/mol. The standard InChI is InChI=1S/C10H17NO/c1-2-3-4-5-6-11-7-10(8-11)9-12/h10,12H,2-3,6-9H2,1H3. The monoisotopic (exact) mass is 167 g/mol. The highest BCUT2D eigenvalue weighted by Gasteiger charge is 2.24. The Bertz CT molecular complexity index is 174. The first-order chi connectivity index (χ1) is 5.86. The summed E-state index contributed by atoms with van der Waals surface area (Å²) in [6.45, 7) is 5.41. The third kappa shape index (κ3) is 2.84. The lowest BCUT2D eigenvalue weighted by molar-refractivity contribution is 0.0654. The number of unbranched alkanes of at least 4 members (excludes halogenated alkanes) is 1. The number of hydrogen-bond donors (Lipinski definition) is 1. The van der Waals surface area contributed by atoms with Gasteiger partial charge in [-0.15, -0.1) is 5.92 Å². The van der Waals surface area contributed by atoms with Crippen LogP contribution in [0.15, 0.2) is 0 Å². The first-order valence-corrected chi connectivity index (χ1v) is 4.65. The smallest absolute Gasteiger partial charge is 0.0601 e. The summed E-state index contributed by atoms with van der Waals surface area (Å²) in [6.07, 6.45) is 2.16. The molecule has 1 heterocycles. The van der Waals surface area contributed by atoms with Crippen molar-refractivity contribution in [2.45, 2.75) is 19.8 Å². The Balaban J connectivity index is 2.01. The van der Waals surface area contributed by atoms with E-state index >= 15 is 0 Å². The zero-order valence-electron chi connectivity index (χ0n) is 7.71. The van der Waals surface area contributed by atoms with Gasteiger partial charge in [-0.3, -0.25) is 4.90 Å². The lowest BCUT2D eigenvalue weighted by Gasteiger charge is -2.36. The number of rotatable bonds is 3. The van der Waals surface area contributed by atoms with Crippen molar-refractivity contribution in [1.29, 1.82) is 0 Å². The first kappa shape index (κ1) is 9.57. The highest BCUT2D eigenvalue weighted by molar-refractivity contribution is 5.02. The van der Waals surface area contributed by atoms with Crippen molar-refractivity contribution in [1.82, 2.24) is 4.90 Å². The minimum Gasteiger partial charge on any atom is -0.396 e. The summed E-state index contributed by atoms with van der Waals surface area (Å²) in [6, 6.07) is 0. The minimum absolute atomic E-state index is 0.332. The molecule has 12 heavy (non-hydrogen) atoms. The molecule has 1 aliphatic heterocycles. The maximum atomic E-state index is 8.75. The minimum atomic E-state index is 0.332. The molecule has 1 rings (SSSR count). The van der Waals surface area contributed by atoms with E-state index in [1.165, 1.54) is 0 Å². The zero-order chi connectivity index (χ0) is 8.81. The van der Waals surface area contributed by atoms with Gasteiger partial charge in [-0.1, -0.05) is 12.8 Å². The van der Waals surface area contributed by atoms with Gasteiger partial charge in [0.25, 0.3) is 0 Å². The number of nitrogens with zero attached hydrogens (tertiary/aromatic N) is 1. The summed E-state index contributed by atoms with van der Waals surface area (Å²) < 4.78 is 0. The van der Waals surface area contributed by atoms with Crippen LogP contribution < -0.4 is 0 Å². The van der Waals surface area contributed by atoms with E-state index in [1.807, 2.05) is 0 Å². The fourth-order valence-electron chi connectivity index (χ4n) is 1.30. The summed E-state index contributed by atoms with van der Waals surface area (Å²) in [7, 11) is 0. The summed E-state index contributed by atoms with van der Waals surface area (Å²) in [5.41, 5.74) is 0. The van der Waals surface area contributed by atoms with Gasteiger partial charge in [0.1, 0.15) is 0 Å². The first-order valence-electron chi connectivity index (χ1n) is 4.65. The maximum Gasteiger partial charge on any atom is 0.0601 e. The van der Waals surface area contributed by atoms with Crippen molar-refractivity contribution in [3.63, 3.8) is 0 Å². The van der Waals surface area contributed by atoms with Crippen molar-refractivity contribution in [2.75, 3.05) is 26.2 Å². The van der Waals surface area contributed by atoms with Crippen LogP contribution in [0.3, 0.4) is 0 Å². The average molecular weight is 167 g/mol. The van der Waals surface area contributed by atoms with Gasteiger partial charge in [0.2, 0.25) is 0 Å². The lowest BCUT2D eigenvalue weighted by Crippen LogP contribution is -2.48. The van der Waals surface area contributed by atoms with Gasteiger partial charge >= 0.3 is 0 Å². The highest BCUT2D eigenvalue weighted by Crippen LogP contribution is 2.12. The molecule has 0 spiro atoms. The van der Waals surface area contributed by atoms with E-state index in [0.717, 1.165) is 32.5 Å². The molecule has 2 heteroatoms. The quantitative estimate of drug-likeness (QED) is 0.626. The van der Waals surface area contributed by atoms with Crippen LogP contribution in [0.1, 0.15) is 19.8 Å². The summed E-state index contributed by atoms with van der Waals surface area (Å²) in [5.74, 6) is 6.75. The highest BCUT2D eigenvalue weighted by atomic mass is 16.3. The molecule has 0 unspecified atom stereocenters. The summed E-state index contributed by atoms with van der Waals surface area (Å²) >= 11 is 0. The Morgan fingerprint density at radius 2 is 2.17 bits per heavy atom. The Morgan fingerprint density at radius 1 is 1.42 bits per heavy atom. The molecule has 1 fully saturated rings. The predicted octanol–water partition coefficient (Wildman–Crippen LogP) is 0.714. The molecule has 1 N–H and O–H groups in total. The molecule has 0 aromatic carbocycles. The summed E-state index contributed by atoms with van der Waals surface area (Å²) in [5, 5.41) is 8.75. The number of aliphatic hydroxyl groups is 1. The van der Waals surface area contributed by atoms with Crippen molar-refractivity contribution < 1.29 is 5.11 Å². The fraction of sp³-hybridized carbons (Fsp3) is 0.800. The third-order valence-corrected chi connectivity index (χ3v) is 2.09. The van der Waals surface area contributed by atoms with Crippen LogP contribution in [-0.4, -0.2) is 36.2 Å². The van der Waals surface area contributed by atoms with Gasteiger partial charge < -0.3 is 5.11 Å². The van der Waals surface area contributed by atoms with Crippen LogP contribution in [0.25, 0.3) is 0 Å². The number of aliphatic hydroxyl groups excluding tert-OH is 1. The third-order valence-electron chi connectivity index (χ3n) is 2.09. The van der Waals surface area contributed by atoms with Crippen molar-refractivity contribution in [3.05, 3.63) is 0 Å². The molecule has 2 nitrogen and oxygen atoms in total. The number of likely N-dealkylation sites (tertiary alicyclic amines) is 1. The van der Waals surface area contributed by atoms with Crippen LogP contribution in [-0.2, 0) is 0 Å². The second-order valence-corrected chi connectivity index (χ2v) is 3.35. The Morgan fingerprint density at radius 3 is 2.75 bits per heavy atom. The molecule has 0 amide bonds. The van der Waals surface area contributed by atoms with E-state index in [1.54, 1.807) is 0 Å². The maximum absolute atomic E-state index is 8.75. The van der Waals surface area contributed by atoms with Crippen LogP contribution in [0.4, 0.5) is 0 Å². The average Bonchev–Trinajstić information content (AvgIpc) is 2.01. The van der Waals surface area contributed by atoms with Crippen LogP contribution >= 0.6 is 0 Å². The molecule has 68 valence electrons. The van der Waals surface area contributed by atoms with Crippen molar-refractivity contribution in [3.8, 4) is 11.8 Å². The van der Waals surface area contributed by atoms with Gasteiger partial charge in [0.05, 0.1) is 6.54 Å².